The zero-order valence-corrected chi connectivity index (χ0v) is 16.7. The number of fused-ring (bicyclic) bond motifs is 2. The Labute approximate surface area is 174 Å². The topological polar surface area (TPSA) is 70.4 Å². The Balaban J connectivity index is 1.37. The van der Waals surface area contributed by atoms with E-state index in [0.29, 0.717) is 29.1 Å². The fraction of sp³-hybridized carbons (Fsp3) is 0.286. The standard InChI is InChI=1S/C21H16F2N2O4S/c1-20(7-6-14(26)13-3-2-8-25(13)20)18(27)10-19-24-11-17(30-19)12-4-5-15-16(9-12)29-21(22,23)28-15/h2-5,8-9,11H,6-7,10H2,1H3. The predicted molar refractivity (Wildman–Crippen MR) is 104 cm³/mol. The Kier molecular flexibility index (Phi) is 4.08. The molecule has 0 saturated heterocycles. The van der Waals surface area contributed by atoms with Crippen LogP contribution >= 0.6 is 11.3 Å². The van der Waals surface area contributed by atoms with E-state index in [9.17, 15) is 18.4 Å². The lowest BCUT2D eigenvalue weighted by Gasteiger charge is -2.34. The molecule has 4 heterocycles. The van der Waals surface area contributed by atoms with Crippen LogP contribution in [0.25, 0.3) is 10.4 Å². The monoisotopic (exact) mass is 430 g/mol. The van der Waals surface area contributed by atoms with Gasteiger partial charge in [0.1, 0.15) is 10.5 Å². The van der Waals surface area contributed by atoms with E-state index in [1.54, 1.807) is 35.2 Å². The van der Waals surface area contributed by atoms with Gasteiger partial charge in [0.15, 0.2) is 23.1 Å². The Bertz CT molecular complexity index is 1190. The molecule has 1 aromatic carbocycles. The first-order valence-corrected chi connectivity index (χ1v) is 10.2. The van der Waals surface area contributed by atoms with E-state index >= 15 is 0 Å². The largest absolute Gasteiger partial charge is 0.586 e. The van der Waals surface area contributed by atoms with Crippen LogP contribution in [0.3, 0.4) is 0 Å². The molecule has 0 aliphatic carbocycles. The molecule has 0 bridgehead atoms. The molecule has 0 saturated carbocycles. The molecule has 0 spiro atoms. The molecular weight excluding hydrogens is 414 g/mol. The second-order valence-corrected chi connectivity index (χ2v) is 8.62. The van der Waals surface area contributed by atoms with Crippen molar-refractivity contribution in [3.05, 3.63) is 53.4 Å². The molecular formula is C21H16F2N2O4S. The van der Waals surface area contributed by atoms with Gasteiger partial charge in [0.25, 0.3) is 0 Å². The van der Waals surface area contributed by atoms with E-state index in [0.717, 1.165) is 4.88 Å². The van der Waals surface area contributed by atoms with Crippen molar-refractivity contribution in [3.63, 3.8) is 0 Å². The number of carbonyl (C=O) groups excluding carboxylic acids is 2. The normalized spacial score (nSPS) is 21.5. The number of hydrogen-bond acceptors (Lipinski definition) is 6. The number of alkyl halides is 2. The Hall–Kier alpha value is -3.07. The second kappa shape index (κ2) is 6.46. The fourth-order valence-corrected chi connectivity index (χ4v) is 4.79. The lowest BCUT2D eigenvalue weighted by Crippen LogP contribution is -2.44. The van der Waals surface area contributed by atoms with Gasteiger partial charge in [-0.25, -0.2) is 4.98 Å². The van der Waals surface area contributed by atoms with E-state index in [2.05, 4.69) is 14.5 Å². The summed E-state index contributed by atoms with van der Waals surface area (Å²) >= 11 is 1.31. The van der Waals surface area contributed by atoms with Crippen molar-refractivity contribution in [2.75, 3.05) is 0 Å². The smallest absolute Gasteiger partial charge is 0.395 e. The first-order chi connectivity index (χ1) is 14.2. The Morgan fingerprint density at radius 1 is 1.27 bits per heavy atom. The third-order valence-electron chi connectivity index (χ3n) is 5.56. The molecule has 2 aliphatic heterocycles. The number of nitrogens with zero attached hydrogens (tertiary/aromatic N) is 2. The maximum Gasteiger partial charge on any atom is 0.586 e. The summed E-state index contributed by atoms with van der Waals surface area (Å²) in [5.41, 5.74) is 0.394. The van der Waals surface area contributed by atoms with Gasteiger partial charge in [-0.1, -0.05) is 0 Å². The number of carbonyl (C=O) groups is 2. The number of halogens is 2. The molecule has 0 N–H and O–H groups in total. The molecule has 1 atom stereocenters. The van der Waals surface area contributed by atoms with Crippen molar-refractivity contribution in [3.8, 4) is 21.9 Å². The average Bonchev–Trinajstić information content (AvgIpc) is 3.41. The molecule has 30 heavy (non-hydrogen) atoms. The van der Waals surface area contributed by atoms with Crippen molar-refractivity contribution >= 4 is 22.9 Å². The van der Waals surface area contributed by atoms with Crippen LogP contribution in [0.4, 0.5) is 8.78 Å². The number of hydrogen-bond donors (Lipinski definition) is 0. The minimum Gasteiger partial charge on any atom is -0.395 e. The van der Waals surface area contributed by atoms with Crippen LogP contribution in [0.5, 0.6) is 11.5 Å². The number of thiazole rings is 1. The molecule has 6 nitrogen and oxygen atoms in total. The third kappa shape index (κ3) is 3.00. The van der Waals surface area contributed by atoms with Gasteiger partial charge in [0.2, 0.25) is 0 Å². The van der Waals surface area contributed by atoms with E-state index in [4.69, 9.17) is 0 Å². The summed E-state index contributed by atoms with van der Waals surface area (Å²) in [6.45, 7) is 1.85. The molecule has 0 radical (unpaired) electrons. The minimum absolute atomic E-state index is 0.0223. The van der Waals surface area contributed by atoms with E-state index in [1.807, 2.05) is 6.92 Å². The Morgan fingerprint density at radius 2 is 2.07 bits per heavy atom. The third-order valence-corrected chi connectivity index (χ3v) is 6.60. The van der Waals surface area contributed by atoms with Crippen LogP contribution in [0.1, 0.15) is 35.3 Å². The van der Waals surface area contributed by atoms with E-state index in [-0.39, 0.29) is 29.5 Å². The highest BCUT2D eigenvalue weighted by Gasteiger charge is 2.43. The predicted octanol–water partition coefficient (Wildman–Crippen LogP) is 4.44. The first-order valence-electron chi connectivity index (χ1n) is 9.34. The molecule has 3 aromatic rings. The highest BCUT2D eigenvalue weighted by atomic mass is 32.1. The van der Waals surface area contributed by atoms with Crippen LogP contribution in [0, 0.1) is 0 Å². The number of ketones is 2. The van der Waals surface area contributed by atoms with Crippen molar-refractivity contribution in [1.82, 2.24) is 9.55 Å². The highest BCUT2D eigenvalue weighted by Crippen LogP contribution is 2.43. The van der Waals surface area contributed by atoms with Crippen LogP contribution in [-0.4, -0.2) is 27.4 Å². The van der Waals surface area contributed by atoms with Gasteiger partial charge in [-0.3, -0.25) is 9.59 Å². The molecule has 5 rings (SSSR count). The van der Waals surface area contributed by atoms with Gasteiger partial charge in [-0.2, -0.15) is 0 Å². The fourth-order valence-electron chi connectivity index (χ4n) is 3.87. The van der Waals surface area contributed by atoms with Crippen molar-refractivity contribution < 1.29 is 27.8 Å². The number of aromatic nitrogens is 2. The van der Waals surface area contributed by atoms with Gasteiger partial charge in [0, 0.05) is 18.8 Å². The molecule has 0 amide bonds. The summed E-state index contributed by atoms with van der Waals surface area (Å²) in [6.07, 6.45) is 0.602. The molecule has 2 aliphatic rings. The summed E-state index contributed by atoms with van der Waals surface area (Å²) in [7, 11) is 0. The summed E-state index contributed by atoms with van der Waals surface area (Å²) in [5, 5.41) is 0.616. The summed E-state index contributed by atoms with van der Waals surface area (Å²) < 4.78 is 37.1. The van der Waals surface area contributed by atoms with Crippen LogP contribution < -0.4 is 9.47 Å². The number of rotatable bonds is 4. The zero-order chi connectivity index (χ0) is 21.1. The van der Waals surface area contributed by atoms with Crippen LogP contribution in [-0.2, 0) is 16.8 Å². The highest BCUT2D eigenvalue weighted by molar-refractivity contribution is 7.15. The van der Waals surface area contributed by atoms with E-state index in [1.165, 1.54) is 23.5 Å². The molecule has 9 heteroatoms. The van der Waals surface area contributed by atoms with E-state index < -0.39 is 11.8 Å². The molecule has 1 unspecified atom stereocenters. The second-order valence-electron chi connectivity index (χ2n) is 7.51. The van der Waals surface area contributed by atoms with Crippen LogP contribution in [0.15, 0.2) is 42.7 Å². The number of ether oxygens (including phenoxy) is 2. The maximum absolute atomic E-state index is 13.2. The molecule has 0 fully saturated rings. The number of Topliss-reactive ketones (excluding diaryl/α,β-unsaturated/α-hetero) is 2. The summed E-state index contributed by atoms with van der Waals surface area (Å²) in [4.78, 5) is 30.3. The average molecular weight is 430 g/mol. The number of benzene rings is 1. The van der Waals surface area contributed by atoms with Crippen molar-refractivity contribution in [1.29, 1.82) is 0 Å². The van der Waals surface area contributed by atoms with Crippen LogP contribution in [0.2, 0.25) is 0 Å². The summed E-state index contributed by atoms with van der Waals surface area (Å²) in [5.74, 6) is -0.0529. The Morgan fingerprint density at radius 3 is 2.90 bits per heavy atom. The molecule has 2 aromatic heterocycles. The summed E-state index contributed by atoms with van der Waals surface area (Å²) in [6, 6.07) is 8.04. The van der Waals surface area contributed by atoms with Gasteiger partial charge in [-0.05, 0) is 49.2 Å². The lowest BCUT2D eigenvalue weighted by atomic mass is 9.84. The quantitative estimate of drug-likeness (QED) is 0.612. The van der Waals surface area contributed by atoms with Gasteiger partial charge < -0.3 is 14.0 Å². The van der Waals surface area contributed by atoms with Gasteiger partial charge in [0.05, 0.1) is 17.0 Å². The zero-order valence-electron chi connectivity index (χ0n) is 15.9. The van der Waals surface area contributed by atoms with Gasteiger partial charge in [-0.15, -0.1) is 20.1 Å². The van der Waals surface area contributed by atoms with Crippen molar-refractivity contribution in [2.45, 2.75) is 38.0 Å². The lowest BCUT2D eigenvalue weighted by molar-refractivity contribution is -0.286. The van der Waals surface area contributed by atoms with Crippen molar-refractivity contribution in [2.24, 2.45) is 0 Å². The van der Waals surface area contributed by atoms with Gasteiger partial charge >= 0.3 is 6.29 Å². The molecule has 154 valence electrons. The first kappa shape index (κ1) is 18.9. The maximum atomic E-state index is 13.2. The SMILES string of the molecule is CC1(C(=O)Cc2ncc(-c3ccc4c(c3)OC(F)(F)O4)s2)CCC(=O)c2cccn21. The minimum atomic E-state index is -3.67.